The summed E-state index contributed by atoms with van der Waals surface area (Å²) < 4.78 is 5.58. The van der Waals surface area contributed by atoms with Crippen LogP contribution in [0.1, 0.15) is 48.7 Å². The SMILES string of the molecule is CSCC[C@H]1CN(C(=O)c2cccc(C)c2C)CCN1C(=O)OC(C)(C)C. The van der Waals surface area contributed by atoms with Crippen molar-refractivity contribution in [2.24, 2.45) is 0 Å². The molecule has 2 amide bonds. The molecule has 6 heteroatoms. The zero-order valence-electron chi connectivity index (χ0n) is 17.4. The Labute approximate surface area is 167 Å². The van der Waals surface area contributed by atoms with Crippen LogP contribution in [-0.2, 0) is 4.74 Å². The number of thioether (sulfide) groups is 1. The molecule has 0 bridgehead atoms. The van der Waals surface area contributed by atoms with E-state index < -0.39 is 5.60 Å². The summed E-state index contributed by atoms with van der Waals surface area (Å²) in [6.45, 7) is 11.2. The van der Waals surface area contributed by atoms with Crippen molar-refractivity contribution in [3.05, 3.63) is 34.9 Å². The molecule has 1 aliphatic heterocycles. The van der Waals surface area contributed by atoms with Gasteiger partial charge in [-0.3, -0.25) is 4.79 Å². The molecule has 150 valence electrons. The van der Waals surface area contributed by atoms with Crippen LogP contribution in [0.2, 0.25) is 0 Å². The first kappa shape index (κ1) is 21.6. The number of ether oxygens (including phenoxy) is 1. The topological polar surface area (TPSA) is 49.9 Å². The van der Waals surface area contributed by atoms with Crippen molar-refractivity contribution in [1.82, 2.24) is 9.80 Å². The lowest BCUT2D eigenvalue weighted by Gasteiger charge is -2.42. The van der Waals surface area contributed by atoms with E-state index in [4.69, 9.17) is 4.74 Å². The molecule has 27 heavy (non-hydrogen) atoms. The molecule has 1 fully saturated rings. The molecule has 0 spiro atoms. The van der Waals surface area contributed by atoms with E-state index in [2.05, 4.69) is 6.26 Å². The molecule has 5 nitrogen and oxygen atoms in total. The van der Waals surface area contributed by atoms with Crippen molar-refractivity contribution >= 4 is 23.8 Å². The average molecular weight is 393 g/mol. The van der Waals surface area contributed by atoms with Gasteiger partial charge in [0.05, 0.1) is 6.04 Å². The van der Waals surface area contributed by atoms with Crippen LogP contribution in [-0.4, -0.2) is 65.1 Å². The normalized spacial score (nSPS) is 17.8. The van der Waals surface area contributed by atoms with Gasteiger partial charge in [0, 0.05) is 25.2 Å². The third kappa shape index (κ3) is 5.64. The highest BCUT2D eigenvalue weighted by atomic mass is 32.2. The number of benzene rings is 1. The van der Waals surface area contributed by atoms with Crippen molar-refractivity contribution in [3.8, 4) is 0 Å². The fourth-order valence-corrected chi connectivity index (χ4v) is 3.76. The van der Waals surface area contributed by atoms with Gasteiger partial charge >= 0.3 is 6.09 Å². The van der Waals surface area contributed by atoms with Gasteiger partial charge in [-0.2, -0.15) is 11.8 Å². The number of hydrogen-bond acceptors (Lipinski definition) is 4. The highest BCUT2D eigenvalue weighted by molar-refractivity contribution is 7.98. The van der Waals surface area contributed by atoms with Crippen molar-refractivity contribution in [1.29, 1.82) is 0 Å². The number of rotatable bonds is 4. The molecule has 1 aliphatic rings. The summed E-state index contributed by atoms with van der Waals surface area (Å²) in [5.74, 6) is 0.990. The molecule has 0 aliphatic carbocycles. The Bertz CT molecular complexity index is 684. The predicted octanol–water partition coefficient (Wildman–Crippen LogP) is 4.12. The molecule has 2 rings (SSSR count). The molecule has 1 saturated heterocycles. The van der Waals surface area contributed by atoms with Crippen LogP contribution in [0.5, 0.6) is 0 Å². The van der Waals surface area contributed by atoms with E-state index in [0.29, 0.717) is 19.6 Å². The van der Waals surface area contributed by atoms with Gasteiger partial charge in [-0.25, -0.2) is 4.79 Å². The molecule has 1 aromatic rings. The number of amides is 2. The summed E-state index contributed by atoms with van der Waals surface area (Å²) in [5, 5.41) is 0. The van der Waals surface area contributed by atoms with Gasteiger partial charge in [0.1, 0.15) is 5.60 Å². The molecular weight excluding hydrogens is 360 g/mol. The Morgan fingerprint density at radius 1 is 1.22 bits per heavy atom. The largest absolute Gasteiger partial charge is 0.444 e. The quantitative estimate of drug-likeness (QED) is 0.773. The van der Waals surface area contributed by atoms with E-state index in [1.807, 2.05) is 57.7 Å². The summed E-state index contributed by atoms with van der Waals surface area (Å²) in [6.07, 6.45) is 2.61. The Morgan fingerprint density at radius 2 is 1.93 bits per heavy atom. The van der Waals surface area contributed by atoms with E-state index in [0.717, 1.165) is 28.9 Å². The summed E-state index contributed by atoms with van der Waals surface area (Å²) in [5.41, 5.74) is 2.38. The maximum Gasteiger partial charge on any atom is 0.410 e. The zero-order valence-corrected chi connectivity index (χ0v) is 18.2. The lowest BCUT2D eigenvalue weighted by Crippen LogP contribution is -2.57. The molecule has 1 atom stereocenters. The van der Waals surface area contributed by atoms with E-state index in [1.165, 1.54) is 0 Å². The van der Waals surface area contributed by atoms with E-state index >= 15 is 0 Å². The molecule has 0 unspecified atom stereocenters. The Kier molecular flexibility index (Phi) is 7.20. The fourth-order valence-electron chi connectivity index (χ4n) is 3.25. The zero-order chi connectivity index (χ0) is 20.2. The third-order valence-corrected chi connectivity index (χ3v) is 5.53. The van der Waals surface area contributed by atoms with Crippen LogP contribution in [0.15, 0.2) is 18.2 Å². The van der Waals surface area contributed by atoms with Gasteiger partial charge in [-0.15, -0.1) is 0 Å². The monoisotopic (exact) mass is 392 g/mol. The molecular formula is C21H32N2O3S. The molecule has 0 N–H and O–H groups in total. The third-order valence-electron chi connectivity index (χ3n) is 4.89. The molecule has 0 radical (unpaired) electrons. The van der Waals surface area contributed by atoms with Crippen molar-refractivity contribution in [2.75, 3.05) is 31.6 Å². The Morgan fingerprint density at radius 3 is 2.56 bits per heavy atom. The van der Waals surface area contributed by atoms with Crippen LogP contribution >= 0.6 is 11.8 Å². The first-order valence-electron chi connectivity index (χ1n) is 9.48. The van der Waals surface area contributed by atoms with Crippen molar-refractivity contribution in [3.63, 3.8) is 0 Å². The van der Waals surface area contributed by atoms with E-state index in [-0.39, 0.29) is 18.0 Å². The second kappa shape index (κ2) is 9.00. The van der Waals surface area contributed by atoms with Crippen LogP contribution in [0.25, 0.3) is 0 Å². The number of nitrogens with zero attached hydrogens (tertiary/aromatic N) is 2. The number of piperazine rings is 1. The van der Waals surface area contributed by atoms with Gasteiger partial charge in [0.2, 0.25) is 0 Å². The number of carbonyl (C=O) groups is 2. The fraction of sp³-hybridized carbons (Fsp3) is 0.619. The van der Waals surface area contributed by atoms with E-state index in [9.17, 15) is 9.59 Å². The van der Waals surface area contributed by atoms with Crippen LogP contribution in [0, 0.1) is 13.8 Å². The number of hydrogen-bond donors (Lipinski definition) is 0. The molecule has 1 heterocycles. The molecule has 0 saturated carbocycles. The van der Waals surface area contributed by atoms with Crippen LogP contribution in [0.4, 0.5) is 4.79 Å². The number of carbonyl (C=O) groups excluding carboxylic acids is 2. The predicted molar refractivity (Wildman–Crippen MR) is 112 cm³/mol. The summed E-state index contributed by atoms with van der Waals surface area (Å²) in [4.78, 5) is 29.4. The minimum absolute atomic E-state index is 0.0184. The van der Waals surface area contributed by atoms with Gasteiger partial charge in [0.15, 0.2) is 0 Å². The minimum Gasteiger partial charge on any atom is -0.444 e. The highest BCUT2D eigenvalue weighted by Crippen LogP contribution is 2.22. The van der Waals surface area contributed by atoms with E-state index in [1.54, 1.807) is 16.7 Å². The standard InChI is InChI=1S/C21H32N2O3S/c1-15-8-7-9-18(16(15)2)19(24)22-11-12-23(17(14-22)10-13-27-6)20(25)26-21(3,4)5/h7-9,17H,10-14H2,1-6H3/t17-/m0/s1. The maximum absolute atomic E-state index is 13.1. The maximum atomic E-state index is 13.1. The first-order chi connectivity index (χ1) is 12.6. The Hall–Kier alpha value is -1.69. The smallest absolute Gasteiger partial charge is 0.410 e. The molecule has 0 aromatic heterocycles. The summed E-state index contributed by atoms with van der Waals surface area (Å²) in [6, 6.07) is 5.82. The van der Waals surface area contributed by atoms with Crippen LogP contribution < -0.4 is 0 Å². The van der Waals surface area contributed by atoms with Crippen molar-refractivity contribution < 1.29 is 14.3 Å². The van der Waals surface area contributed by atoms with Crippen molar-refractivity contribution in [2.45, 2.75) is 52.7 Å². The minimum atomic E-state index is -0.521. The Balaban J connectivity index is 2.16. The lowest BCUT2D eigenvalue weighted by molar-refractivity contribution is -0.00104. The number of aryl methyl sites for hydroxylation is 1. The van der Waals surface area contributed by atoms with Gasteiger partial charge in [0.25, 0.3) is 5.91 Å². The second-order valence-electron chi connectivity index (χ2n) is 8.11. The molecule has 1 aromatic carbocycles. The average Bonchev–Trinajstić information content (AvgIpc) is 2.60. The van der Waals surface area contributed by atoms with Gasteiger partial charge < -0.3 is 14.5 Å². The van der Waals surface area contributed by atoms with Crippen LogP contribution in [0.3, 0.4) is 0 Å². The first-order valence-corrected chi connectivity index (χ1v) is 10.9. The van der Waals surface area contributed by atoms with Gasteiger partial charge in [-0.05, 0) is 70.2 Å². The highest BCUT2D eigenvalue weighted by Gasteiger charge is 2.35. The lowest BCUT2D eigenvalue weighted by atomic mass is 10.0. The second-order valence-corrected chi connectivity index (χ2v) is 9.09. The summed E-state index contributed by atoms with van der Waals surface area (Å²) in [7, 11) is 0. The summed E-state index contributed by atoms with van der Waals surface area (Å²) >= 11 is 1.75. The van der Waals surface area contributed by atoms with Gasteiger partial charge in [-0.1, -0.05) is 12.1 Å².